The summed E-state index contributed by atoms with van der Waals surface area (Å²) in [6, 6.07) is 6.25. The zero-order valence-corrected chi connectivity index (χ0v) is 11.4. The van der Waals surface area contributed by atoms with Crippen LogP contribution in [0.3, 0.4) is 0 Å². The second-order valence-corrected chi connectivity index (χ2v) is 5.34. The molecule has 20 heavy (non-hydrogen) atoms. The predicted molar refractivity (Wildman–Crippen MR) is 74.4 cm³/mol. The smallest absolute Gasteiger partial charge is 0.307 e. The fourth-order valence-corrected chi connectivity index (χ4v) is 2.86. The summed E-state index contributed by atoms with van der Waals surface area (Å²) in [4.78, 5) is 23.5. The van der Waals surface area contributed by atoms with E-state index in [1.165, 1.54) is 12.1 Å². The topological polar surface area (TPSA) is 86.6 Å². The molecule has 1 aliphatic carbocycles. The summed E-state index contributed by atoms with van der Waals surface area (Å²) in [5.41, 5.74) is 0.485. The Morgan fingerprint density at radius 2 is 2.00 bits per heavy atom. The number of rotatable bonds is 4. The van der Waals surface area contributed by atoms with Gasteiger partial charge in [-0.15, -0.1) is 0 Å². The Kier molecular flexibility index (Phi) is 4.27. The van der Waals surface area contributed by atoms with E-state index in [1.54, 1.807) is 12.1 Å². The molecule has 2 rings (SSSR count). The molecule has 0 bridgehead atoms. The summed E-state index contributed by atoms with van der Waals surface area (Å²) in [5, 5.41) is 21.3. The molecule has 0 spiro atoms. The van der Waals surface area contributed by atoms with Gasteiger partial charge in [0, 0.05) is 11.8 Å². The number of hydrogen-bond acceptors (Lipinski definition) is 3. The lowest BCUT2D eigenvalue weighted by molar-refractivity contribution is -0.145. The number of phenolic OH excluding ortho intramolecular Hbond substituents is 1. The van der Waals surface area contributed by atoms with Gasteiger partial charge in [-0.25, -0.2) is 0 Å². The van der Waals surface area contributed by atoms with Gasteiger partial charge in [0.1, 0.15) is 5.75 Å². The van der Waals surface area contributed by atoms with Crippen molar-refractivity contribution in [1.29, 1.82) is 0 Å². The van der Waals surface area contributed by atoms with Crippen LogP contribution in [0.15, 0.2) is 24.3 Å². The summed E-state index contributed by atoms with van der Waals surface area (Å²) >= 11 is 0. The number of carboxylic acids is 1. The van der Waals surface area contributed by atoms with E-state index < -0.39 is 17.8 Å². The Labute approximate surface area is 117 Å². The van der Waals surface area contributed by atoms with E-state index in [-0.39, 0.29) is 17.6 Å². The van der Waals surface area contributed by atoms with Crippen LogP contribution in [0.2, 0.25) is 0 Å². The second-order valence-electron chi connectivity index (χ2n) is 5.34. The number of benzene rings is 1. The highest BCUT2D eigenvalue weighted by Gasteiger charge is 2.42. The van der Waals surface area contributed by atoms with Crippen molar-refractivity contribution in [3.63, 3.8) is 0 Å². The van der Waals surface area contributed by atoms with Crippen LogP contribution in [0.5, 0.6) is 5.75 Å². The van der Waals surface area contributed by atoms with Gasteiger partial charge in [0.2, 0.25) is 5.91 Å². The third-order valence-electron chi connectivity index (χ3n) is 4.01. The number of anilines is 1. The van der Waals surface area contributed by atoms with Gasteiger partial charge >= 0.3 is 5.97 Å². The van der Waals surface area contributed by atoms with Crippen LogP contribution in [-0.4, -0.2) is 22.1 Å². The number of phenols is 1. The molecular formula is C15H19NO4. The van der Waals surface area contributed by atoms with Gasteiger partial charge in [-0.05, 0) is 30.9 Å². The number of aliphatic carboxylic acids is 1. The fraction of sp³-hybridized carbons (Fsp3) is 0.467. The lowest BCUT2D eigenvalue weighted by Gasteiger charge is -2.15. The van der Waals surface area contributed by atoms with E-state index in [0.29, 0.717) is 18.5 Å². The SMILES string of the molecule is CCC1C[C@H](C(=O)Nc2cccc(O)c2)[C@H](C(=O)O)C1. The molecule has 3 N–H and O–H groups in total. The van der Waals surface area contributed by atoms with Crippen LogP contribution in [0.25, 0.3) is 0 Å². The zero-order chi connectivity index (χ0) is 14.7. The first kappa shape index (κ1) is 14.4. The van der Waals surface area contributed by atoms with Gasteiger partial charge in [-0.2, -0.15) is 0 Å². The van der Waals surface area contributed by atoms with Gasteiger partial charge in [-0.3, -0.25) is 9.59 Å². The molecule has 0 aliphatic heterocycles. The minimum absolute atomic E-state index is 0.0652. The number of carbonyl (C=O) groups excluding carboxylic acids is 1. The quantitative estimate of drug-likeness (QED) is 0.789. The van der Waals surface area contributed by atoms with E-state index >= 15 is 0 Å². The molecule has 1 aromatic rings. The first-order valence-corrected chi connectivity index (χ1v) is 6.84. The van der Waals surface area contributed by atoms with Crippen LogP contribution in [0.4, 0.5) is 5.69 Å². The van der Waals surface area contributed by atoms with Crippen molar-refractivity contribution in [1.82, 2.24) is 0 Å². The molecule has 1 aromatic carbocycles. The number of amides is 1. The first-order chi connectivity index (χ1) is 9.51. The molecule has 3 atom stereocenters. The summed E-state index contributed by atoms with van der Waals surface area (Å²) in [5.74, 6) is -1.94. The number of nitrogens with one attached hydrogen (secondary N) is 1. The van der Waals surface area contributed by atoms with Crippen molar-refractivity contribution < 1.29 is 19.8 Å². The second kappa shape index (κ2) is 5.94. The van der Waals surface area contributed by atoms with E-state index in [0.717, 1.165) is 6.42 Å². The van der Waals surface area contributed by atoms with Crippen molar-refractivity contribution >= 4 is 17.6 Å². The fourth-order valence-electron chi connectivity index (χ4n) is 2.86. The monoisotopic (exact) mass is 277 g/mol. The van der Waals surface area contributed by atoms with Gasteiger partial charge in [0.05, 0.1) is 11.8 Å². The van der Waals surface area contributed by atoms with Gasteiger partial charge in [0.25, 0.3) is 0 Å². The number of carboxylic acid groups (broad SMARTS) is 1. The molecule has 108 valence electrons. The molecule has 0 heterocycles. The van der Waals surface area contributed by atoms with Gasteiger partial charge in [-0.1, -0.05) is 19.4 Å². The minimum Gasteiger partial charge on any atom is -0.508 e. The summed E-state index contributed by atoms with van der Waals surface area (Å²) in [6.07, 6.45) is 2.06. The maximum absolute atomic E-state index is 12.2. The van der Waals surface area contributed by atoms with E-state index in [2.05, 4.69) is 5.32 Å². The Morgan fingerprint density at radius 3 is 2.60 bits per heavy atom. The Morgan fingerprint density at radius 1 is 1.30 bits per heavy atom. The number of carbonyl (C=O) groups is 2. The highest BCUT2D eigenvalue weighted by Crippen LogP contribution is 2.39. The molecular weight excluding hydrogens is 258 g/mol. The molecule has 1 saturated carbocycles. The van der Waals surface area contributed by atoms with Crippen molar-refractivity contribution in [3.05, 3.63) is 24.3 Å². The molecule has 5 heteroatoms. The standard InChI is InChI=1S/C15H19NO4/c1-2-9-6-12(13(7-9)15(19)20)14(18)16-10-4-3-5-11(17)8-10/h3-5,8-9,12-13,17H,2,6-7H2,1H3,(H,16,18)(H,19,20)/t9?,12-,13+/m0/s1. The molecule has 0 aromatic heterocycles. The average Bonchev–Trinajstić information content (AvgIpc) is 2.83. The van der Waals surface area contributed by atoms with Crippen molar-refractivity contribution in [2.45, 2.75) is 26.2 Å². The Bertz CT molecular complexity index is 514. The maximum Gasteiger partial charge on any atom is 0.307 e. The normalized spacial score (nSPS) is 25.4. The maximum atomic E-state index is 12.2. The highest BCUT2D eigenvalue weighted by molar-refractivity contribution is 5.95. The molecule has 1 unspecified atom stereocenters. The molecule has 5 nitrogen and oxygen atoms in total. The molecule has 1 amide bonds. The Hall–Kier alpha value is -2.04. The van der Waals surface area contributed by atoms with E-state index in [1.807, 2.05) is 6.92 Å². The van der Waals surface area contributed by atoms with Crippen LogP contribution >= 0.6 is 0 Å². The van der Waals surface area contributed by atoms with Crippen molar-refractivity contribution in [3.8, 4) is 5.75 Å². The van der Waals surface area contributed by atoms with Crippen LogP contribution < -0.4 is 5.32 Å². The van der Waals surface area contributed by atoms with E-state index in [9.17, 15) is 19.8 Å². The van der Waals surface area contributed by atoms with Crippen molar-refractivity contribution in [2.75, 3.05) is 5.32 Å². The number of hydrogen-bond donors (Lipinski definition) is 3. The van der Waals surface area contributed by atoms with Gasteiger partial charge < -0.3 is 15.5 Å². The number of aromatic hydroxyl groups is 1. The first-order valence-electron chi connectivity index (χ1n) is 6.84. The lowest BCUT2D eigenvalue weighted by Crippen LogP contribution is -2.29. The molecule has 0 radical (unpaired) electrons. The minimum atomic E-state index is -0.906. The third-order valence-corrected chi connectivity index (χ3v) is 4.01. The van der Waals surface area contributed by atoms with Crippen LogP contribution in [-0.2, 0) is 9.59 Å². The lowest BCUT2D eigenvalue weighted by atomic mass is 9.95. The third kappa shape index (κ3) is 3.10. The Balaban J connectivity index is 2.09. The van der Waals surface area contributed by atoms with Crippen LogP contribution in [0.1, 0.15) is 26.2 Å². The highest BCUT2D eigenvalue weighted by atomic mass is 16.4. The average molecular weight is 277 g/mol. The summed E-state index contributed by atoms with van der Waals surface area (Å²) < 4.78 is 0. The molecule has 1 aliphatic rings. The van der Waals surface area contributed by atoms with Crippen molar-refractivity contribution in [2.24, 2.45) is 17.8 Å². The zero-order valence-electron chi connectivity index (χ0n) is 11.4. The van der Waals surface area contributed by atoms with Crippen LogP contribution in [0, 0.1) is 17.8 Å². The van der Waals surface area contributed by atoms with E-state index in [4.69, 9.17) is 0 Å². The van der Waals surface area contributed by atoms with Gasteiger partial charge in [0.15, 0.2) is 0 Å². The largest absolute Gasteiger partial charge is 0.508 e. The molecule has 1 fully saturated rings. The summed E-state index contributed by atoms with van der Waals surface area (Å²) in [6.45, 7) is 2.01. The predicted octanol–water partition coefficient (Wildman–Crippen LogP) is 2.47. The molecule has 0 saturated heterocycles. The summed E-state index contributed by atoms with van der Waals surface area (Å²) in [7, 11) is 0.